The lowest BCUT2D eigenvalue weighted by molar-refractivity contribution is 0.318. The topological polar surface area (TPSA) is 71.5 Å². The highest BCUT2D eigenvalue weighted by Crippen LogP contribution is 2.14. The van der Waals surface area contributed by atoms with E-state index in [1.165, 1.54) is 0 Å². The van der Waals surface area contributed by atoms with Crippen molar-refractivity contribution < 1.29 is 5.21 Å². The number of nitrogens with zero attached hydrogens (tertiary/aromatic N) is 2. The Morgan fingerprint density at radius 2 is 2.50 bits per heavy atom. The summed E-state index contributed by atoms with van der Waals surface area (Å²) in [4.78, 5) is 4.07. The van der Waals surface area contributed by atoms with E-state index >= 15 is 0 Å². The minimum Gasteiger partial charge on any atom is -0.409 e. The third-order valence-electron chi connectivity index (χ3n) is 1.70. The van der Waals surface area contributed by atoms with Gasteiger partial charge in [0.2, 0.25) is 0 Å². The van der Waals surface area contributed by atoms with Crippen molar-refractivity contribution in [2.24, 2.45) is 10.9 Å². The summed E-state index contributed by atoms with van der Waals surface area (Å²) in [5.74, 6) is 1.93. The zero-order valence-electron chi connectivity index (χ0n) is 7.97. The number of nitrogens with two attached hydrogens (primary N) is 1. The highest BCUT2D eigenvalue weighted by Gasteiger charge is 2.07. The van der Waals surface area contributed by atoms with Gasteiger partial charge in [-0.1, -0.05) is 18.1 Å². The molecule has 1 aromatic rings. The van der Waals surface area contributed by atoms with Gasteiger partial charge in [-0.3, -0.25) is 4.98 Å². The van der Waals surface area contributed by atoms with Gasteiger partial charge in [0, 0.05) is 11.9 Å². The van der Waals surface area contributed by atoms with Crippen LogP contribution in [0.2, 0.25) is 0 Å². The van der Waals surface area contributed by atoms with E-state index in [4.69, 9.17) is 10.9 Å². The molecular formula is C9H13N3OS. The Morgan fingerprint density at radius 3 is 3.14 bits per heavy atom. The van der Waals surface area contributed by atoms with Crippen molar-refractivity contribution in [3.63, 3.8) is 0 Å². The fourth-order valence-corrected chi connectivity index (χ4v) is 1.70. The van der Waals surface area contributed by atoms with Crippen LogP contribution in [0.5, 0.6) is 0 Å². The quantitative estimate of drug-likeness (QED) is 0.342. The van der Waals surface area contributed by atoms with Crippen LogP contribution >= 0.6 is 11.8 Å². The van der Waals surface area contributed by atoms with Crippen LogP contribution in [0.3, 0.4) is 0 Å². The second kappa shape index (κ2) is 5.49. The molecule has 0 fully saturated rings. The molecule has 0 amide bonds. The molecule has 0 unspecified atom stereocenters. The van der Waals surface area contributed by atoms with Crippen LogP contribution in [0.15, 0.2) is 23.5 Å². The van der Waals surface area contributed by atoms with E-state index in [2.05, 4.69) is 17.1 Å². The molecule has 1 heterocycles. The number of oxime groups is 1. The molecule has 0 aliphatic carbocycles. The van der Waals surface area contributed by atoms with Gasteiger partial charge in [0.05, 0.1) is 0 Å². The van der Waals surface area contributed by atoms with E-state index < -0.39 is 0 Å². The fourth-order valence-electron chi connectivity index (χ4n) is 1.05. The summed E-state index contributed by atoms with van der Waals surface area (Å²) in [6, 6.07) is 3.78. The number of hydrogen-bond donors (Lipinski definition) is 2. The highest BCUT2D eigenvalue weighted by molar-refractivity contribution is 7.98. The second-order valence-electron chi connectivity index (χ2n) is 2.63. The summed E-state index contributed by atoms with van der Waals surface area (Å²) in [6.45, 7) is 2.09. The number of pyridine rings is 1. The van der Waals surface area contributed by atoms with E-state index in [9.17, 15) is 0 Å². The molecular weight excluding hydrogens is 198 g/mol. The maximum atomic E-state index is 8.55. The molecule has 1 rings (SSSR count). The standard InChI is InChI=1S/C9H13N3OS/c1-2-14-6-7-4-3-5-11-8(7)9(10)12-13/h3-5,13H,2,6H2,1H3,(H2,10,12). The van der Waals surface area contributed by atoms with E-state index in [0.717, 1.165) is 17.1 Å². The third kappa shape index (κ3) is 2.63. The van der Waals surface area contributed by atoms with Gasteiger partial charge in [0.1, 0.15) is 5.69 Å². The van der Waals surface area contributed by atoms with Crippen molar-refractivity contribution >= 4 is 17.6 Å². The lowest BCUT2D eigenvalue weighted by Crippen LogP contribution is -2.17. The van der Waals surface area contributed by atoms with E-state index in [-0.39, 0.29) is 5.84 Å². The fraction of sp³-hybridized carbons (Fsp3) is 0.333. The van der Waals surface area contributed by atoms with Gasteiger partial charge in [-0.2, -0.15) is 11.8 Å². The Kier molecular flexibility index (Phi) is 4.25. The van der Waals surface area contributed by atoms with Crippen LogP contribution in [0.4, 0.5) is 0 Å². The molecule has 0 saturated carbocycles. The molecule has 4 nitrogen and oxygen atoms in total. The van der Waals surface area contributed by atoms with Crippen molar-refractivity contribution in [1.82, 2.24) is 4.98 Å². The van der Waals surface area contributed by atoms with E-state index in [1.54, 1.807) is 18.0 Å². The van der Waals surface area contributed by atoms with Crippen LogP contribution in [-0.2, 0) is 5.75 Å². The SMILES string of the molecule is CCSCc1cccnc1C(N)=NO. The van der Waals surface area contributed by atoms with Crippen molar-refractivity contribution in [3.05, 3.63) is 29.6 Å². The lowest BCUT2D eigenvalue weighted by Gasteiger charge is -2.05. The van der Waals surface area contributed by atoms with Crippen molar-refractivity contribution in [2.75, 3.05) is 5.75 Å². The van der Waals surface area contributed by atoms with Crippen LogP contribution < -0.4 is 5.73 Å². The molecule has 14 heavy (non-hydrogen) atoms. The Hall–Kier alpha value is -1.23. The van der Waals surface area contributed by atoms with E-state index in [1.807, 2.05) is 12.1 Å². The minimum atomic E-state index is 0.0669. The largest absolute Gasteiger partial charge is 0.409 e. The Balaban J connectivity index is 2.91. The zero-order valence-corrected chi connectivity index (χ0v) is 8.79. The number of aromatic nitrogens is 1. The average molecular weight is 211 g/mol. The predicted octanol–water partition coefficient (Wildman–Crippen LogP) is 1.43. The van der Waals surface area contributed by atoms with Crippen LogP contribution in [0.1, 0.15) is 18.2 Å². The first-order valence-electron chi connectivity index (χ1n) is 4.29. The van der Waals surface area contributed by atoms with Crippen LogP contribution in [-0.4, -0.2) is 21.8 Å². The second-order valence-corrected chi connectivity index (χ2v) is 3.91. The van der Waals surface area contributed by atoms with Crippen LogP contribution in [0.25, 0.3) is 0 Å². The molecule has 0 aliphatic heterocycles. The predicted molar refractivity (Wildman–Crippen MR) is 58.6 cm³/mol. The monoisotopic (exact) mass is 211 g/mol. The first-order valence-corrected chi connectivity index (χ1v) is 5.44. The molecule has 0 aromatic carbocycles. The summed E-state index contributed by atoms with van der Waals surface area (Å²) < 4.78 is 0. The maximum absolute atomic E-state index is 8.55. The van der Waals surface area contributed by atoms with Crippen molar-refractivity contribution in [1.29, 1.82) is 0 Å². The van der Waals surface area contributed by atoms with Gasteiger partial charge in [-0.25, -0.2) is 0 Å². The van der Waals surface area contributed by atoms with Crippen LogP contribution in [0, 0.1) is 0 Å². The third-order valence-corrected chi connectivity index (χ3v) is 2.63. The van der Waals surface area contributed by atoms with Crippen molar-refractivity contribution in [3.8, 4) is 0 Å². The molecule has 0 bridgehead atoms. The van der Waals surface area contributed by atoms with Gasteiger partial charge < -0.3 is 10.9 Å². The highest BCUT2D eigenvalue weighted by atomic mass is 32.2. The molecule has 76 valence electrons. The summed E-state index contributed by atoms with van der Waals surface area (Å²) in [6.07, 6.45) is 1.63. The van der Waals surface area contributed by atoms with Gasteiger partial charge >= 0.3 is 0 Å². The first-order chi connectivity index (χ1) is 6.79. The van der Waals surface area contributed by atoms with E-state index in [0.29, 0.717) is 5.69 Å². The van der Waals surface area contributed by atoms with Crippen molar-refractivity contribution in [2.45, 2.75) is 12.7 Å². The zero-order chi connectivity index (χ0) is 10.4. The minimum absolute atomic E-state index is 0.0669. The summed E-state index contributed by atoms with van der Waals surface area (Å²) >= 11 is 1.77. The normalized spacial score (nSPS) is 11.6. The van der Waals surface area contributed by atoms with Gasteiger partial charge in [0.25, 0.3) is 0 Å². The molecule has 0 radical (unpaired) electrons. The number of hydrogen-bond acceptors (Lipinski definition) is 4. The molecule has 0 atom stereocenters. The number of rotatable bonds is 4. The molecule has 0 saturated heterocycles. The van der Waals surface area contributed by atoms with Gasteiger partial charge in [-0.05, 0) is 17.4 Å². The molecule has 5 heteroatoms. The lowest BCUT2D eigenvalue weighted by atomic mass is 10.2. The summed E-state index contributed by atoms with van der Waals surface area (Å²) in [5, 5.41) is 11.5. The number of amidine groups is 1. The number of thioether (sulfide) groups is 1. The Morgan fingerprint density at radius 1 is 1.71 bits per heavy atom. The smallest absolute Gasteiger partial charge is 0.189 e. The van der Waals surface area contributed by atoms with Gasteiger partial charge in [-0.15, -0.1) is 0 Å². The summed E-state index contributed by atoms with van der Waals surface area (Å²) in [7, 11) is 0. The molecule has 0 aliphatic rings. The molecule has 3 N–H and O–H groups in total. The average Bonchev–Trinajstić information content (AvgIpc) is 2.25. The summed E-state index contributed by atoms with van der Waals surface area (Å²) in [5.41, 5.74) is 7.06. The Labute approximate surface area is 87.2 Å². The molecule has 1 aromatic heterocycles. The van der Waals surface area contributed by atoms with Gasteiger partial charge in [0.15, 0.2) is 5.84 Å². The first kappa shape index (κ1) is 10.8. The Bertz CT molecular complexity index is 328. The molecule has 0 spiro atoms. The maximum Gasteiger partial charge on any atom is 0.189 e.